The minimum atomic E-state index is -4.24. The van der Waals surface area contributed by atoms with Crippen molar-refractivity contribution in [2.24, 2.45) is 5.92 Å². The van der Waals surface area contributed by atoms with E-state index in [4.69, 9.17) is 4.74 Å². The second-order valence-corrected chi connectivity index (χ2v) is 4.23. The molecule has 1 N–H and O–H groups in total. The van der Waals surface area contributed by atoms with E-state index < -0.39 is 18.1 Å². The van der Waals surface area contributed by atoms with Crippen LogP contribution in [0.5, 0.6) is 0 Å². The number of fused-ring (bicyclic) bond motifs is 1. The standard InChI is InChI=1S/C11H13F3N2O2/c1-2-18-10(17)9-7-5-6(11(12,13)14)3-4-8(7)15-16-9/h6H,2-5H2,1H3,(H,15,16)/t6-/m0/s1. The third-order valence-corrected chi connectivity index (χ3v) is 3.08. The van der Waals surface area contributed by atoms with Crippen LogP contribution < -0.4 is 0 Å². The summed E-state index contributed by atoms with van der Waals surface area (Å²) in [5.41, 5.74) is 0.946. The Morgan fingerprint density at radius 3 is 2.89 bits per heavy atom. The summed E-state index contributed by atoms with van der Waals surface area (Å²) < 4.78 is 42.8. The van der Waals surface area contributed by atoms with Crippen molar-refractivity contribution in [1.82, 2.24) is 10.2 Å². The van der Waals surface area contributed by atoms with E-state index in [0.29, 0.717) is 11.3 Å². The fourth-order valence-electron chi connectivity index (χ4n) is 2.14. The largest absolute Gasteiger partial charge is 0.461 e. The number of hydrogen-bond acceptors (Lipinski definition) is 3. The highest BCUT2D eigenvalue weighted by atomic mass is 19.4. The second kappa shape index (κ2) is 4.62. The van der Waals surface area contributed by atoms with Crippen molar-refractivity contribution in [2.45, 2.75) is 32.4 Å². The minimum absolute atomic E-state index is 0.0131. The number of ether oxygens (including phenoxy) is 1. The third-order valence-electron chi connectivity index (χ3n) is 3.08. The molecule has 0 saturated carbocycles. The molecule has 0 spiro atoms. The number of aromatic nitrogens is 2. The molecule has 1 aliphatic rings. The van der Waals surface area contributed by atoms with Gasteiger partial charge in [-0.3, -0.25) is 5.10 Å². The monoisotopic (exact) mass is 262 g/mol. The predicted molar refractivity (Wildman–Crippen MR) is 56.1 cm³/mol. The molecule has 7 heteroatoms. The molecule has 2 rings (SSSR count). The summed E-state index contributed by atoms with van der Waals surface area (Å²) in [4.78, 5) is 11.5. The van der Waals surface area contributed by atoms with Crippen LogP contribution in [-0.4, -0.2) is 28.9 Å². The summed E-state index contributed by atoms with van der Waals surface area (Å²) in [6.07, 6.45) is -4.16. The van der Waals surface area contributed by atoms with Gasteiger partial charge < -0.3 is 4.74 Å². The van der Waals surface area contributed by atoms with Crippen LogP contribution in [0, 0.1) is 5.92 Å². The van der Waals surface area contributed by atoms with Gasteiger partial charge in [-0.25, -0.2) is 4.79 Å². The van der Waals surface area contributed by atoms with Crippen LogP contribution in [0.2, 0.25) is 0 Å². The van der Waals surface area contributed by atoms with E-state index in [0.717, 1.165) is 0 Å². The van der Waals surface area contributed by atoms with Crippen LogP contribution in [0.1, 0.15) is 35.1 Å². The Balaban J connectivity index is 2.24. The van der Waals surface area contributed by atoms with Gasteiger partial charge in [0.25, 0.3) is 0 Å². The fraction of sp³-hybridized carbons (Fsp3) is 0.636. The van der Waals surface area contributed by atoms with E-state index in [9.17, 15) is 18.0 Å². The molecule has 1 aromatic heterocycles. The van der Waals surface area contributed by atoms with Gasteiger partial charge in [0.2, 0.25) is 0 Å². The lowest BCUT2D eigenvalue weighted by atomic mass is 9.86. The number of nitrogens with one attached hydrogen (secondary N) is 1. The summed E-state index contributed by atoms with van der Waals surface area (Å²) in [7, 11) is 0. The molecule has 1 aromatic rings. The predicted octanol–water partition coefficient (Wildman–Crippen LogP) is 2.25. The van der Waals surface area contributed by atoms with E-state index in [-0.39, 0.29) is 31.6 Å². The van der Waals surface area contributed by atoms with Crippen LogP contribution >= 0.6 is 0 Å². The number of carbonyl (C=O) groups excluding carboxylic acids is 1. The number of aryl methyl sites for hydroxylation is 1. The fourth-order valence-corrected chi connectivity index (χ4v) is 2.14. The van der Waals surface area contributed by atoms with Crippen molar-refractivity contribution in [3.05, 3.63) is 17.0 Å². The van der Waals surface area contributed by atoms with Gasteiger partial charge in [-0.2, -0.15) is 18.3 Å². The van der Waals surface area contributed by atoms with Gasteiger partial charge in [-0.15, -0.1) is 0 Å². The summed E-state index contributed by atoms with van der Waals surface area (Å²) in [5.74, 6) is -2.08. The zero-order valence-corrected chi connectivity index (χ0v) is 9.80. The highest BCUT2D eigenvalue weighted by Crippen LogP contribution is 2.37. The number of rotatable bonds is 2. The van der Waals surface area contributed by atoms with Crippen molar-refractivity contribution in [2.75, 3.05) is 6.61 Å². The zero-order valence-electron chi connectivity index (χ0n) is 9.80. The number of halogens is 3. The molecule has 0 amide bonds. The lowest BCUT2D eigenvalue weighted by Crippen LogP contribution is -2.29. The number of aromatic amines is 1. The van der Waals surface area contributed by atoms with E-state index >= 15 is 0 Å². The second-order valence-electron chi connectivity index (χ2n) is 4.23. The summed E-state index contributed by atoms with van der Waals surface area (Å²) in [5, 5.41) is 6.39. The molecular formula is C11H13F3N2O2. The molecule has 1 atom stereocenters. The molecule has 0 radical (unpaired) electrons. The maximum Gasteiger partial charge on any atom is 0.392 e. The molecule has 4 nitrogen and oxygen atoms in total. The Labute approximate surface area is 102 Å². The van der Waals surface area contributed by atoms with Gasteiger partial charge in [0.1, 0.15) is 0 Å². The highest BCUT2D eigenvalue weighted by Gasteiger charge is 2.42. The Morgan fingerprint density at radius 1 is 1.56 bits per heavy atom. The Morgan fingerprint density at radius 2 is 2.28 bits per heavy atom. The number of hydrogen-bond donors (Lipinski definition) is 1. The summed E-state index contributed by atoms with van der Waals surface area (Å²) in [6.45, 7) is 1.80. The lowest BCUT2D eigenvalue weighted by molar-refractivity contribution is -0.177. The third kappa shape index (κ3) is 2.34. The van der Waals surface area contributed by atoms with Gasteiger partial charge in [-0.05, 0) is 26.2 Å². The molecule has 1 aliphatic carbocycles. The molecule has 0 aliphatic heterocycles. The first kappa shape index (κ1) is 12.9. The number of alkyl halides is 3. The topological polar surface area (TPSA) is 55.0 Å². The Kier molecular flexibility index (Phi) is 3.32. The first-order valence-corrected chi connectivity index (χ1v) is 5.73. The normalized spacial score (nSPS) is 19.4. The number of esters is 1. The molecule has 0 saturated heterocycles. The Hall–Kier alpha value is -1.53. The number of nitrogens with zero attached hydrogens (tertiary/aromatic N) is 1. The number of carbonyl (C=O) groups is 1. The number of H-pyrrole nitrogens is 1. The maximum absolute atomic E-state index is 12.7. The molecule has 100 valence electrons. The van der Waals surface area contributed by atoms with Crippen LogP contribution in [0.25, 0.3) is 0 Å². The molecule has 0 aromatic carbocycles. The average molecular weight is 262 g/mol. The maximum atomic E-state index is 12.7. The van der Waals surface area contributed by atoms with E-state index in [1.54, 1.807) is 6.92 Å². The van der Waals surface area contributed by atoms with Gasteiger partial charge >= 0.3 is 12.1 Å². The average Bonchev–Trinajstić information content (AvgIpc) is 2.70. The summed E-state index contributed by atoms with van der Waals surface area (Å²) >= 11 is 0. The van der Waals surface area contributed by atoms with Gasteiger partial charge in [0, 0.05) is 11.3 Å². The lowest BCUT2D eigenvalue weighted by Gasteiger charge is -2.24. The van der Waals surface area contributed by atoms with Gasteiger partial charge in [0.05, 0.1) is 12.5 Å². The van der Waals surface area contributed by atoms with Crippen molar-refractivity contribution in [1.29, 1.82) is 0 Å². The molecule has 0 fully saturated rings. The molecular weight excluding hydrogens is 249 g/mol. The van der Waals surface area contributed by atoms with E-state index in [1.165, 1.54) is 0 Å². The van der Waals surface area contributed by atoms with E-state index in [2.05, 4.69) is 10.2 Å². The van der Waals surface area contributed by atoms with Crippen molar-refractivity contribution >= 4 is 5.97 Å². The van der Waals surface area contributed by atoms with Crippen molar-refractivity contribution in [3.63, 3.8) is 0 Å². The van der Waals surface area contributed by atoms with Crippen molar-refractivity contribution < 1.29 is 22.7 Å². The quantitative estimate of drug-likeness (QED) is 0.832. The Bertz CT molecular complexity index is 454. The molecule has 1 heterocycles. The molecule has 18 heavy (non-hydrogen) atoms. The van der Waals surface area contributed by atoms with Crippen LogP contribution in [-0.2, 0) is 17.6 Å². The highest BCUT2D eigenvalue weighted by molar-refractivity contribution is 5.89. The van der Waals surface area contributed by atoms with E-state index in [1.807, 2.05) is 0 Å². The molecule has 0 bridgehead atoms. The van der Waals surface area contributed by atoms with Crippen LogP contribution in [0.15, 0.2) is 0 Å². The molecule has 0 unspecified atom stereocenters. The van der Waals surface area contributed by atoms with Crippen LogP contribution in [0.3, 0.4) is 0 Å². The van der Waals surface area contributed by atoms with Crippen molar-refractivity contribution in [3.8, 4) is 0 Å². The zero-order chi connectivity index (χ0) is 13.3. The van der Waals surface area contributed by atoms with Gasteiger partial charge in [-0.1, -0.05) is 0 Å². The van der Waals surface area contributed by atoms with Gasteiger partial charge in [0.15, 0.2) is 5.69 Å². The first-order chi connectivity index (χ1) is 8.43. The SMILES string of the molecule is CCOC(=O)c1n[nH]c2c1C[C@@H](C(F)(F)F)CC2. The minimum Gasteiger partial charge on any atom is -0.461 e. The summed E-state index contributed by atoms with van der Waals surface area (Å²) in [6, 6.07) is 0. The smallest absolute Gasteiger partial charge is 0.392 e. The first-order valence-electron chi connectivity index (χ1n) is 5.73. The van der Waals surface area contributed by atoms with Crippen LogP contribution in [0.4, 0.5) is 13.2 Å².